The summed E-state index contributed by atoms with van der Waals surface area (Å²) in [5, 5.41) is 9.77. The van der Waals surface area contributed by atoms with Gasteiger partial charge >= 0.3 is 5.97 Å². The fourth-order valence-corrected chi connectivity index (χ4v) is 2.65. The highest BCUT2D eigenvalue weighted by atomic mass is 16.5. The van der Waals surface area contributed by atoms with Crippen LogP contribution >= 0.6 is 0 Å². The summed E-state index contributed by atoms with van der Waals surface area (Å²) < 4.78 is 5.88. The Hall–Kier alpha value is -2.88. The smallest absolute Gasteiger partial charge is 0.303 e. The monoisotopic (exact) mass is 321 g/mol. The predicted molar refractivity (Wildman–Crippen MR) is 93.1 cm³/mol. The van der Waals surface area contributed by atoms with Crippen molar-refractivity contribution in [1.82, 2.24) is 4.98 Å². The van der Waals surface area contributed by atoms with Gasteiger partial charge in [-0.3, -0.25) is 9.78 Å². The lowest BCUT2D eigenvalue weighted by Gasteiger charge is -2.09. The van der Waals surface area contributed by atoms with Crippen molar-refractivity contribution in [2.24, 2.45) is 0 Å². The van der Waals surface area contributed by atoms with Crippen LogP contribution in [-0.4, -0.2) is 16.1 Å². The van der Waals surface area contributed by atoms with Crippen molar-refractivity contribution in [3.8, 4) is 5.75 Å². The molecule has 0 fully saturated rings. The molecule has 3 rings (SSSR count). The Morgan fingerprint density at radius 3 is 2.67 bits per heavy atom. The number of carbonyl (C=O) groups is 1. The number of carboxylic acids is 1. The van der Waals surface area contributed by atoms with E-state index in [1.54, 1.807) is 6.20 Å². The minimum atomic E-state index is -0.750. The largest absolute Gasteiger partial charge is 0.489 e. The lowest BCUT2D eigenvalue weighted by atomic mass is 10.1. The molecule has 4 nitrogen and oxygen atoms in total. The molecule has 0 radical (unpaired) electrons. The van der Waals surface area contributed by atoms with Gasteiger partial charge in [0.05, 0.1) is 5.52 Å². The average Bonchev–Trinajstić information content (AvgIpc) is 2.61. The van der Waals surface area contributed by atoms with Crippen LogP contribution in [0, 0.1) is 0 Å². The summed E-state index contributed by atoms with van der Waals surface area (Å²) in [6, 6.07) is 17.8. The number of benzene rings is 2. The van der Waals surface area contributed by atoms with E-state index in [2.05, 4.69) is 4.98 Å². The third-order valence-electron chi connectivity index (χ3n) is 3.91. The number of hydrogen-bond acceptors (Lipinski definition) is 3. The van der Waals surface area contributed by atoms with Crippen molar-refractivity contribution >= 4 is 16.9 Å². The van der Waals surface area contributed by atoms with E-state index in [0.717, 1.165) is 34.2 Å². The van der Waals surface area contributed by atoms with Gasteiger partial charge in [0, 0.05) is 18.0 Å². The highest BCUT2D eigenvalue weighted by Gasteiger charge is 2.03. The number of ether oxygens (including phenoxy) is 1. The van der Waals surface area contributed by atoms with E-state index in [1.807, 2.05) is 54.6 Å². The number of carboxylic acid groups (broad SMARTS) is 1. The van der Waals surface area contributed by atoms with E-state index < -0.39 is 5.97 Å². The zero-order valence-electron chi connectivity index (χ0n) is 13.3. The SMILES string of the molecule is O=C(O)CCCc1ccc(OCc2cccc3ncccc23)cc1. The number of rotatable bonds is 7. The summed E-state index contributed by atoms with van der Waals surface area (Å²) >= 11 is 0. The lowest BCUT2D eigenvalue weighted by molar-refractivity contribution is -0.137. The van der Waals surface area contributed by atoms with Gasteiger partial charge in [-0.05, 0) is 48.2 Å². The van der Waals surface area contributed by atoms with E-state index in [1.165, 1.54) is 0 Å². The first-order valence-corrected chi connectivity index (χ1v) is 7.98. The predicted octanol–water partition coefficient (Wildman–Crippen LogP) is 4.22. The summed E-state index contributed by atoms with van der Waals surface area (Å²) in [4.78, 5) is 14.9. The van der Waals surface area contributed by atoms with Gasteiger partial charge in [-0.25, -0.2) is 0 Å². The Morgan fingerprint density at radius 1 is 1.04 bits per heavy atom. The van der Waals surface area contributed by atoms with Crippen LogP contribution in [0.15, 0.2) is 60.8 Å². The normalized spacial score (nSPS) is 10.7. The maximum atomic E-state index is 10.5. The Balaban J connectivity index is 1.61. The molecule has 3 aromatic rings. The molecule has 0 aliphatic carbocycles. The summed E-state index contributed by atoms with van der Waals surface area (Å²) in [5.74, 6) is 0.0532. The number of aromatic nitrogens is 1. The van der Waals surface area contributed by atoms with Crippen LogP contribution in [0.25, 0.3) is 10.9 Å². The fraction of sp³-hybridized carbons (Fsp3) is 0.200. The van der Waals surface area contributed by atoms with Crippen molar-refractivity contribution in [3.05, 3.63) is 71.9 Å². The van der Waals surface area contributed by atoms with Gasteiger partial charge in [-0.2, -0.15) is 0 Å². The molecule has 0 saturated carbocycles. The molecule has 0 unspecified atom stereocenters. The van der Waals surface area contributed by atoms with Crippen molar-refractivity contribution in [2.45, 2.75) is 25.9 Å². The van der Waals surface area contributed by atoms with Crippen LogP contribution in [0.4, 0.5) is 0 Å². The molecule has 122 valence electrons. The summed E-state index contributed by atoms with van der Waals surface area (Å²) in [7, 11) is 0. The molecule has 0 aliphatic heterocycles. The van der Waals surface area contributed by atoms with Gasteiger partial charge in [0.25, 0.3) is 0 Å². The van der Waals surface area contributed by atoms with Gasteiger partial charge in [0.15, 0.2) is 0 Å². The standard InChI is InChI=1S/C20H19NO3/c22-20(23)8-1-4-15-9-11-17(12-10-15)24-14-16-5-2-7-19-18(16)6-3-13-21-19/h2-3,5-7,9-13H,1,4,8,14H2,(H,22,23). The summed E-state index contributed by atoms with van der Waals surface area (Å²) in [6.07, 6.45) is 3.41. The van der Waals surface area contributed by atoms with E-state index in [9.17, 15) is 4.79 Å². The van der Waals surface area contributed by atoms with E-state index in [0.29, 0.717) is 13.0 Å². The van der Waals surface area contributed by atoms with E-state index in [-0.39, 0.29) is 6.42 Å². The lowest BCUT2D eigenvalue weighted by Crippen LogP contribution is -1.98. The summed E-state index contributed by atoms with van der Waals surface area (Å²) in [6.45, 7) is 0.487. The van der Waals surface area contributed by atoms with Crippen LogP contribution in [0.5, 0.6) is 5.75 Å². The number of fused-ring (bicyclic) bond motifs is 1. The highest BCUT2D eigenvalue weighted by molar-refractivity contribution is 5.81. The number of nitrogens with zero attached hydrogens (tertiary/aromatic N) is 1. The third kappa shape index (κ3) is 4.10. The Labute approximate surface area is 140 Å². The zero-order chi connectivity index (χ0) is 16.8. The van der Waals surface area contributed by atoms with Gasteiger partial charge < -0.3 is 9.84 Å². The fourth-order valence-electron chi connectivity index (χ4n) is 2.65. The molecule has 0 saturated heterocycles. The first kappa shape index (κ1) is 16.0. The molecule has 0 atom stereocenters. The molecule has 4 heteroatoms. The molecule has 1 N–H and O–H groups in total. The number of hydrogen-bond donors (Lipinski definition) is 1. The van der Waals surface area contributed by atoms with Crippen molar-refractivity contribution in [1.29, 1.82) is 0 Å². The first-order valence-electron chi connectivity index (χ1n) is 7.98. The quantitative estimate of drug-likeness (QED) is 0.708. The second-order valence-electron chi connectivity index (χ2n) is 5.67. The van der Waals surface area contributed by atoms with Crippen LogP contribution in [-0.2, 0) is 17.8 Å². The minimum Gasteiger partial charge on any atom is -0.489 e. The van der Waals surface area contributed by atoms with Crippen LogP contribution < -0.4 is 4.74 Å². The first-order chi connectivity index (χ1) is 11.7. The number of aryl methyl sites for hydroxylation is 1. The van der Waals surface area contributed by atoms with Crippen molar-refractivity contribution in [3.63, 3.8) is 0 Å². The second kappa shape index (κ2) is 7.59. The van der Waals surface area contributed by atoms with Gasteiger partial charge in [0.1, 0.15) is 12.4 Å². The number of pyridine rings is 1. The highest BCUT2D eigenvalue weighted by Crippen LogP contribution is 2.20. The maximum absolute atomic E-state index is 10.5. The van der Waals surface area contributed by atoms with E-state index >= 15 is 0 Å². The van der Waals surface area contributed by atoms with Crippen LogP contribution in [0.3, 0.4) is 0 Å². The molecule has 0 spiro atoms. The number of aliphatic carboxylic acids is 1. The van der Waals surface area contributed by atoms with Crippen LogP contribution in [0.1, 0.15) is 24.0 Å². The van der Waals surface area contributed by atoms with Crippen molar-refractivity contribution < 1.29 is 14.6 Å². The molecule has 1 heterocycles. The van der Waals surface area contributed by atoms with Gasteiger partial charge in [0.2, 0.25) is 0 Å². The van der Waals surface area contributed by atoms with Crippen molar-refractivity contribution in [2.75, 3.05) is 0 Å². The Bertz CT molecular complexity index is 822. The molecule has 0 aliphatic rings. The molecular weight excluding hydrogens is 302 g/mol. The minimum absolute atomic E-state index is 0.202. The van der Waals surface area contributed by atoms with Crippen LogP contribution in [0.2, 0.25) is 0 Å². The Morgan fingerprint density at radius 2 is 1.88 bits per heavy atom. The maximum Gasteiger partial charge on any atom is 0.303 e. The van der Waals surface area contributed by atoms with Gasteiger partial charge in [-0.1, -0.05) is 30.3 Å². The second-order valence-corrected chi connectivity index (χ2v) is 5.67. The third-order valence-corrected chi connectivity index (χ3v) is 3.91. The average molecular weight is 321 g/mol. The molecule has 2 aromatic carbocycles. The van der Waals surface area contributed by atoms with E-state index in [4.69, 9.17) is 9.84 Å². The molecule has 24 heavy (non-hydrogen) atoms. The molecule has 0 bridgehead atoms. The zero-order valence-corrected chi connectivity index (χ0v) is 13.3. The topological polar surface area (TPSA) is 59.4 Å². The Kier molecular flexibility index (Phi) is 5.06. The molecule has 0 amide bonds. The van der Waals surface area contributed by atoms with Gasteiger partial charge in [-0.15, -0.1) is 0 Å². The summed E-state index contributed by atoms with van der Waals surface area (Å²) in [5.41, 5.74) is 3.19. The molecular formula is C20H19NO3. The molecule has 1 aromatic heterocycles.